The van der Waals surface area contributed by atoms with Crippen LogP contribution in [0.25, 0.3) is 11.1 Å². The summed E-state index contributed by atoms with van der Waals surface area (Å²) in [4.78, 5) is 0. The molecule has 2 rings (SSSR count). The molecule has 0 unspecified atom stereocenters. The highest BCUT2D eigenvalue weighted by Crippen LogP contribution is 2.34. The molecule has 0 spiro atoms. The molecule has 0 saturated carbocycles. The van der Waals surface area contributed by atoms with E-state index in [1.165, 1.54) is 12.1 Å². The van der Waals surface area contributed by atoms with Gasteiger partial charge in [0.15, 0.2) is 0 Å². The summed E-state index contributed by atoms with van der Waals surface area (Å²) in [5.74, 6) is -1.22. The van der Waals surface area contributed by atoms with Gasteiger partial charge in [0.25, 0.3) is 0 Å². The monoisotopic (exact) mass is 373 g/mol. The lowest BCUT2D eigenvalue weighted by Gasteiger charge is -2.13. The molecular formula is C16H15BrClF2N. The molecule has 0 aromatic heterocycles. The van der Waals surface area contributed by atoms with Crippen LogP contribution in [0.5, 0.6) is 0 Å². The zero-order chi connectivity index (χ0) is 15.4. The molecule has 0 aliphatic heterocycles. The van der Waals surface area contributed by atoms with Gasteiger partial charge < -0.3 is 5.32 Å². The van der Waals surface area contributed by atoms with Crippen molar-refractivity contribution in [2.24, 2.45) is 0 Å². The van der Waals surface area contributed by atoms with Crippen molar-refractivity contribution in [2.45, 2.75) is 19.9 Å². The third kappa shape index (κ3) is 3.82. The second-order valence-corrected chi connectivity index (χ2v) is 5.99. The van der Waals surface area contributed by atoms with Gasteiger partial charge in [-0.2, -0.15) is 0 Å². The van der Waals surface area contributed by atoms with Crippen molar-refractivity contribution in [1.29, 1.82) is 0 Å². The number of nitrogens with one attached hydrogen (secondary N) is 1. The lowest BCUT2D eigenvalue weighted by atomic mass is 9.98. The van der Waals surface area contributed by atoms with E-state index in [9.17, 15) is 8.78 Å². The van der Waals surface area contributed by atoms with Crippen LogP contribution in [0.1, 0.15) is 18.9 Å². The molecule has 2 aromatic carbocycles. The summed E-state index contributed by atoms with van der Waals surface area (Å²) in [6.07, 6.45) is 0.989. The lowest BCUT2D eigenvalue weighted by molar-refractivity contribution is 0.584. The minimum absolute atomic E-state index is 0.0554. The predicted molar refractivity (Wildman–Crippen MR) is 86.5 cm³/mol. The molecule has 0 bridgehead atoms. The highest BCUT2D eigenvalue weighted by molar-refractivity contribution is 9.10. The first-order valence-electron chi connectivity index (χ1n) is 6.67. The SMILES string of the molecule is CCCNCc1ccc(Cl)cc1-c1c(F)ccc(Br)c1F. The van der Waals surface area contributed by atoms with Gasteiger partial charge >= 0.3 is 0 Å². The number of hydrogen-bond acceptors (Lipinski definition) is 1. The standard InChI is InChI=1S/C16H15BrClF2N/c1-2-7-21-9-10-3-4-11(18)8-12(10)15-14(19)6-5-13(17)16(15)20/h3-6,8,21H,2,7,9H2,1H3. The van der Waals surface area contributed by atoms with Crippen LogP contribution in [0, 0.1) is 11.6 Å². The Morgan fingerprint density at radius 1 is 1.19 bits per heavy atom. The molecular weight excluding hydrogens is 360 g/mol. The third-order valence-corrected chi connectivity index (χ3v) is 3.98. The van der Waals surface area contributed by atoms with Crippen LogP contribution < -0.4 is 5.32 Å². The molecule has 2 aromatic rings. The van der Waals surface area contributed by atoms with Crippen molar-refractivity contribution in [3.05, 3.63) is 57.0 Å². The van der Waals surface area contributed by atoms with Crippen LogP contribution in [0.2, 0.25) is 5.02 Å². The van der Waals surface area contributed by atoms with Gasteiger partial charge in [0.05, 0.1) is 10.0 Å². The summed E-state index contributed by atoms with van der Waals surface area (Å²) >= 11 is 9.09. The van der Waals surface area contributed by atoms with Crippen LogP contribution in [0.15, 0.2) is 34.8 Å². The number of hydrogen-bond donors (Lipinski definition) is 1. The second-order valence-electron chi connectivity index (χ2n) is 4.70. The van der Waals surface area contributed by atoms with Crippen molar-refractivity contribution in [3.63, 3.8) is 0 Å². The quantitative estimate of drug-likeness (QED) is 0.534. The first kappa shape index (κ1) is 16.4. The molecule has 0 saturated heterocycles. The fourth-order valence-corrected chi connectivity index (χ4v) is 2.61. The summed E-state index contributed by atoms with van der Waals surface area (Å²) in [5.41, 5.74) is 1.23. The molecule has 0 aliphatic carbocycles. The van der Waals surface area contributed by atoms with Crippen LogP contribution in [0.4, 0.5) is 8.78 Å². The second kappa shape index (κ2) is 7.34. The summed E-state index contributed by atoms with van der Waals surface area (Å²) in [7, 11) is 0. The summed E-state index contributed by atoms with van der Waals surface area (Å²) in [5, 5.41) is 3.68. The van der Waals surface area contributed by atoms with Gasteiger partial charge in [0.2, 0.25) is 0 Å². The van der Waals surface area contributed by atoms with E-state index < -0.39 is 11.6 Å². The van der Waals surface area contributed by atoms with Crippen LogP contribution >= 0.6 is 27.5 Å². The summed E-state index contributed by atoms with van der Waals surface area (Å²) in [6, 6.07) is 7.71. The Bertz CT molecular complexity index is 646. The average Bonchev–Trinajstić information content (AvgIpc) is 2.46. The molecule has 0 aliphatic rings. The van der Waals surface area contributed by atoms with E-state index in [1.54, 1.807) is 18.2 Å². The van der Waals surface area contributed by atoms with E-state index >= 15 is 0 Å². The minimum Gasteiger partial charge on any atom is -0.313 e. The van der Waals surface area contributed by atoms with Crippen molar-refractivity contribution in [1.82, 2.24) is 5.32 Å². The lowest BCUT2D eigenvalue weighted by Crippen LogP contribution is -2.14. The van der Waals surface area contributed by atoms with Crippen LogP contribution in [-0.2, 0) is 6.54 Å². The maximum Gasteiger partial charge on any atom is 0.148 e. The van der Waals surface area contributed by atoms with Crippen LogP contribution in [0.3, 0.4) is 0 Å². The Morgan fingerprint density at radius 2 is 1.95 bits per heavy atom. The normalized spacial score (nSPS) is 10.9. The molecule has 1 nitrogen and oxygen atoms in total. The van der Waals surface area contributed by atoms with E-state index in [4.69, 9.17) is 11.6 Å². The first-order chi connectivity index (χ1) is 10.0. The zero-order valence-electron chi connectivity index (χ0n) is 11.5. The maximum absolute atomic E-state index is 14.3. The molecule has 0 radical (unpaired) electrons. The Hall–Kier alpha value is -0.970. The van der Waals surface area contributed by atoms with E-state index in [2.05, 4.69) is 28.2 Å². The summed E-state index contributed by atoms with van der Waals surface area (Å²) in [6.45, 7) is 3.43. The molecule has 112 valence electrons. The zero-order valence-corrected chi connectivity index (χ0v) is 13.9. The molecule has 21 heavy (non-hydrogen) atoms. The predicted octanol–water partition coefficient (Wildman–Crippen LogP) is 5.55. The van der Waals surface area contributed by atoms with Gasteiger partial charge in [-0.3, -0.25) is 0 Å². The van der Waals surface area contributed by atoms with Gasteiger partial charge in [-0.15, -0.1) is 0 Å². The molecule has 0 atom stereocenters. The van der Waals surface area contributed by atoms with Gasteiger partial charge in [-0.25, -0.2) is 8.78 Å². The molecule has 5 heteroatoms. The highest BCUT2D eigenvalue weighted by Gasteiger charge is 2.17. The van der Waals surface area contributed by atoms with Gasteiger partial charge in [0.1, 0.15) is 11.6 Å². The molecule has 0 fully saturated rings. The molecule has 0 heterocycles. The largest absolute Gasteiger partial charge is 0.313 e. The van der Waals surface area contributed by atoms with E-state index in [1.807, 2.05) is 0 Å². The van der Waals surface area contributed by atoms with Crippen LogP contribution in [-0.4, -0.2) is 6.54 Å². The topological polar surface area (TPSA) is 12.0 Å². The maximum atomic E-state index is 14.3. The highest BCUT2D eigenvalue weighted by atomic mass is 79.9. The van der Waals surface area contributed by atoms with Gasteiger partial charge in [-0.1, -0.05) is 24.6 Å². The number of benzene rings is 2. The Labute approximate surface area is 136 Å². The fourth-order valence-electron chi connectivity index (χ4n) is 2.11. The van der Waals surface area contributed by atoms with Gasteiger partial charge in [-0.05, 0) is 64.3 Å². The minimum atomic E-state index is -0.617. The average molecular weight is 375 g/mol. The smallest absolute Gasteiger partial charge is 0.148 e. The molecule has 1 N–H and O–H groups in total. The summed E-state index contributed by atoms with van der Waals surface area (Å²) < 4.78 is 28.6. The van der Waals surface area contributed by atoms with Gasteiger partial charge in [0, 0.05) is 11.6 Å². The fraction of sp³-hybridized carbons (Fsp3) is 0.250. The van der Waals surface area contributed by atoms with Crippen molar-refractivity contribution in [2.75, 3.05) is 6.54 Å². The molecule has 0 amide bonds. The van der Waals surface area contributed by atoms with E-state index in [0.717, 1.165) is 18.5 Å². The van der Waals surface area contributed by atoms with Crippen molar-refractivity contribution >= 4 is 27.5 Å². The Balaban J connectivity index is 2.52. The van der Waals surface area contributed by atoms with Crippen molar-refractivity contribution < 1.29 is 8.78 Å². The first-order valence-corrected chi connectivity index (χ1v) is 7.84. The third-order valence-electron chi connectivity index (χ3n) is 3.13. The van der Waals surface area contributed by atoms with E-state index in [0.29, 0.717) is 17.1 Å². The Morgan fingerprint density at radius 3 is 2.67 bits per heavy atom. The number of halogens is 4. The van der Waals surface area contributed by atoms with E-state index in [-0.39, 0.29) is 10.0 Å². The number of rotatable bonds is 5. The van der Waals surface area contributed by atoms with Crippen molar-refractivity contribution in [3.8, 4) is 11.1 Å². The Kier molecular flexibility index (Phi) is 5.73.